The molecule has 0 saturated heterocycles. The average Bonchev–Trinajstić information content (AvgIpc) is 2.52. The zero-order valence-corrected chi connectivity index (χ0v) is 15.3. The first-order valence-corrected chi connectivity index (χ1v) is 8.21. The predicted octanol–water partition coefficient (Wildman–Crippen LogP) is 3.71. The maximum absolute atomic E-state index is 12.8. The largest absolute Gasteiger partial charge is 0.460 e. The first-order valence-electron chi connectivity index (χ1n) is 8.21. The van der Waals surface area contributed by atoms with E-state index in [1.807, 2.05) is 0 Å². The number of nitro groups is 1. The first-order chi connectivity index (χ1) is 12.6. The third-order valence-electron chi connectivity index (χ3n) is 3.93. The van der Waals surface area contributed by atoms with Crippen molar-refractivity contribution in [1.82, 2.24) is 5.32 Å². The maximum Gasteiger partial charge on any atom is 0.387 e. The van der Waals surface area contributed by atoms with Crippen molar-refractivity contribution in [3.8, 4) is 5.75 Å². The van der Waals surface area contributed by atoms with Crippen molar-refractivity contribution >= 4 is 5.97 Å². The molecule has 0 radical (unpaired) electrons. The Morgan fingerprint density at radius 3 is 2.41 bits per heavy atom. The summed E-state index contributed by atoms with van der Waals surface area (Å²) in [5.74, 6) is -2.23. The van der Waals surface area contributed by atoms with Crippen molar-refractivity contribution in [3.05, 3.63) is 62.6 Å². The van der Waals surface area contributed by atoms with Gasteiger partial charge in [-0.25, -0.2) is 4.79 Å². The number of carbonyl (C=O) groups excluding carboxylic acids is 1. The summed E-state index contributed by atoms with van der Waals surface area (Å²) in [5, 5.41) is 14.5. The molecule has 0 aliphatic carbocycles. The van der Waals surface area contributed by atoms with Gasteiger partial charge in [-0.1, -0.05) is 18.2 Å². The fraction of sp³-hybridized carbons (Fsp3) is 0.389. The van der Waals surface area contributed by atoms with E-state index in [0.717, 1.165) is 0 Å². The predicted molar refractivity (Wildman–Crippen MR) is 92.6 cm³/mol. The van der Waals surface area contributed by atoms with E-state index >= 15 is 0 Å². The minimum atomic E-state index is -3.12. The lowest BCUT2D eigenvalue weighted by molar-refractivity contribution is -0.431. The number of nitrogens with zero attached hydrogens (tertiary/aromatic N) is 1. The summed E-state index contributed by atoms with van der Waals surface area (Å²) in [6.07, 6.45) is -0.461. The Labute approximate surface area is 154 Å². The van der Waals surface area contributed by atoms with Gasteiger partial charge in [0.1, 0.15) is 11.7 Å². The minimum absolute atomic E-state index is 0.0219. The number of carbonyl (C=O) groups is 1. The molecule has 1 aliphatic rings. The number of alkyl halides is 2. The van der Waals surface area contributed by atoms with Gasteiger partial charge in [0.05, 0.1) is 22.3 Å². The molecule has 9 heteroatoms. The fourth-order valence-electron chi connectivity index (χ4n) is 3.00. The molecule has 1 heterocycles. The van der Waals surface area contributed by atoms with E-state index in [2.05, 4.69) is 10.1 Å². The van der Waals surface area contributed by atoms with Crippen LogP contribution >= 0.6 is 0 Å². The molecule has 7 nitrogen and oxygen atoms in total. The van der Waals surface area contributed by atoms with Gasteiger partial charge >= 0.3 is 12.6 Å². The Kier molecular flexibility index (Phi) is 6.14. The summed E-state index contributed by atoms with van der Waals surface area (Å²) in [4.78, 5) is 23.7. The molecule has 1 aliphatic heterocycles. The van der Waals surface area contributed by atoms with Gasteiger partial charge in [0.25, 0.3) is 5.70 Å². The van der Waals surface area contributed by atoms with Gasteiger partial charge in [0, 0.05) is 11.3 Å². The van der Waals surface area contributed by atoms with E-state index in [1.165, 1.54) is 31.2 Å². The van der Waals surface area contributed by atoms with Crippen molar-refractivity contribution in [2.75, 3.05) is 0 Å². The highest BCUT2D eigenvalue weighted by molar-refractivity contribution is 5.92. The average molecular weight is 382 g/mol. The van der Waals surface area contributed by atoms with Crippen molar-refractivity contribution in [2.24, 2.45) is 0 Å². The number of dihydropyridines is 1. The lowest BCUT2D eigenvalue weighted by Gasteiger charge is -2.28. The molecule has 1 aromatic carbocycles. The quantitative estimate of drug-likeness (QED) is 0.458. The molecule has 0 saturated carbocycles. The van der Waals surface area contributed by atoms with Crippen LogP contribution in [-0.4, -0.2) is 23.6 Å². The zero-order valence-electron chi connectivity index (χ0n) is 15.3. The Bertz CT molecular complexity index is 818. The lowest BCUT2D eigenvalue weighted by atomic mass is 9.83. The highest BCUT2D eigenvalue weighted by Gasteiger charge is 2.42. The summed E-state index contributed by atoms with van der Waals surface area (Å²) < 4.78 is 35.4. The molecular formula is C18H20F2N2O5. The summed E-state index contributed by atoms with van der Waals surface area (Å²) in [6.45, 7) is 3.22. The molecule has 1 aromatic rings. The van der Waals surface area contributed by atoms with Crippen LogP contribution in [0.3, 0.4) is 0 Å². The Morgan fingerprint density at radius 2 is 1.85 bits per heavy atom. The zero-order chi connectivity index (χ0) is 20.3. The van der Waals surface area contributed by atoms with E-state index in [-0.39, 0.29) is 28.3 Å². The van der Waals surface area contributed by atoms with E-state index in [1.54, 1.807) is 20.8 Å². The SMILES string of the molecule is CC1=C(C(=O)OC(C)C)C(c2ccccc2OC(F)F)C([N+](=O)[O-])=C(C)N1. The maximum atomic E-state index is 12.8. The molecule has 0 amide bonds. The van der Waals surface area contributed by atoms with Gasteiger partial charge in [-0.05, 0) is 33.8 Å². The topological polar surface area (TPSA) is 90.7 Å². The Hall–Kier alpha value is -2.97. The highest BCUT2D eigenvalue weighted by atomic mass is 19.3. The number of hydrogen-bond donors (Lipinski definition) is 1. The van der Waals surface area contributed by atoms with Crippen LogP contribution in [0, 0.1) is 10.1 Å². The van der Waals surface area contributed by atoms with Gasteiger partial charge in [-0.3, -0.25) is 10.1 Å². The third-order valence-corrected chi connectivity index (χ3v) is 3.93. The molecule has 1 atom stereocenters. The summed E-state index contributed by atoms with van der Waals surface area (Å²) in [5.41, 5.74) is 0.282. The summed E-state index contributed by atoms with van der Waals surface area (Å²) in [7, 11) is 0. The molecular weight excluding hydrogens is 362 g/mol. The van der Waals surface area contributed by atoms with Crippen LogP contribution in [0.2, 0.25) is 0 Å². The monoisotopic (exact) mass is 382 g/mol. The number of esters is 1. The standard InChI is InChI=1S/C18H20F2N2O5/c1-9(2)26-17(23)14-10(3)21-11(4)16(22(24)25)15(14)12-7-5-6-8-13(12)27-18(19)20/h5-9,15,18,21H,1-4H3. The molecule has 146 valence electrons. The van der Waals surface area contributed by atoms with Crippen molar-refractivity contribution in [3.63, 3.8) is 0 Å². The van der Waals surface area contributed by atoms with Gasteiger partial charge in [-0.15, -0.1) is 0 Å². The van der Waals surface area contributed by atoms with E-state index in [9.17, 15) is 23.7 Å². The first kappa shape index (κ1) is 20.3. The number of allylic oxidation sites excluding steroid dienone is 3. The van der Waals surface area contributed by atoms with Crippen LogP contribution < -0.4 is 10.1 Å². The van der Waals surface area contributed by atoms with Crippen LogP contribution in [0.4, 0.5) is 8.78 Å². The normalized spacial score (nSPS) is 17.3. The van der Waals surface area contributed by atoms with Crippen LogP contribution in [0.1, 0.15) is 39.2 Å². The van der Waals surface area contributed by atoms with Gasteiger partial charge in [0.15, 0.2) is 0 Å². The minimum Gasteiger partial charge on any atom is -0.460 e. The van der Waals surface area contributed by atoms with E-state index in [0.29, 0.717) is 5.70 Å². The molecule has 27 heavy (non-hydrogen) atoms. The van der Waals surface area contributed by atoms with Crippen LogP contribution in [0.25, 0.3) is 0 Å². The van der Waals surface area contributed by atoms with Gasteiger partial charge in [-0.2, -0.15) is 8.78 Å². The van der Waals surface area contributed by atoms with E-state index in [4.69, 9.17) is 4.74 Å². The smallest absolute Gasteiger partial charge is 0.387 e. The lowest BCUT2D eigenvalue weighted by Crippen LogP contribution is -2.32. The van der Waals surface area contributed by atoms with Crippen LogP contribution in [0.5, 0.6) is 5.75 Å². The molecule has 0 fully saturated rings. The molecule has 0 aromatic heterocycles. The molecule has 0 spiro atoms. The Balaban J connectivity index is 2.69. The second-order valence-corrected chi connectivity index (χ2v) is 6.23. The number of ether oxygens (including phenoxy) is 2. The number of para-hydroxylation sites is 1. The molecule has 1 unspecified atom stereocenters. The fourth-order valence-corrected chi connectivity index (χ4v) is 3.00. The van der Waals surface area contributed by atoms with Crippen molar-refractivity contribution in [1.29, 1.82) is 0 Å². The summed E-state index contributed by atoms with van der Waals surface area (Å²) >= 11 is 0. The number of hydrogen-bond acceptors (Lipinski definition) is 6. The molecule has 0 bridgehead atoms. The third kappa shape index (κ3) is 4.42. The molecule has 2 rings (SSSR count). The van der Waals surface area contributed by atoms with Gasteiger partial charge in [0.2, 0.25) is 0 Å². The number of halogens is 2. The Morgan fingerprint density at radius 1 is 1.22 bits per heavy atom. The van der Waals surface area contributed by atoms with Crippen molar-refractivity contribution in [2.45, 2.75) is 46.3 Å². The van der Waals surface area contributed by atoms with Crippen LogP contribution in [0.15, 0.2) is 46.9 Å². The number of rotatable bonds is 6. The van der Waals surface area contributed by atoms with Crippen molar-refractivity contribution < 1.29 is 28.0 Å². The second-order valence-electron chi connectivity index (χ2n) is 6.23. The second kappa shape index (κ2) is 8.15. The van der Waals surface area contributed by atoms with Gasteiger partial charge < -0.3 is 14.8 Å². The highest BCUT2D eigenvalue weighted by Crippen LogP contribution is 2.42. The number of nitrogens with one attached hydrogen (secondary N) is 1. The van der Waals surface area contributed by atoms with Crippen LogP contribution in [-0.2, 0) is 9.53 Å². The molecule has 1 N–H and O–H groups in total. The number of benzene rings is 1. The summed E-state index contributed by atoms with van der Waals surface area (Å²) in [6, 6.07) is 5.69. The van der Waals surface area contributed by atoms with E-state index < -0.39 is 29.5 Å².